The minimum Gasteiger partial charge on any atom is -0.497 e. The van der Waals surface area contributed by atoms with E-state index in [1.165, 1.54) is 24.9 Å². The van der Waals surface area contributed by atoms with Crippen molar-refractivity contribution in [1.82, 2.24) is 15.5 Å². The number of urea groups is 1. The van der Waals surface area contributed by atoms with Gasteiger partial charge in [0.2, 0.25) is 0 Å². The highest BCUT2D eigenvalue weighted by Crippen LogP contribution is 2.17. The normalized spacial score (nSPS) is 18.4. The molecular formula is C19H31N3O2. The Morgan fingerprint density at radius 3 is 2.71 bits per heavy atom. The van der Waals surface area contributed by atoms with Gasteiger partial charge in [-0.05, 0) is 63.3 Å². The topological polar surface area (TPSA) is 53.6 Å². The van der Waals surface area contributed by atoms with E-state index in [4.69, 9.17) is 4.74 Å². The molecule has 0 spiro atoms. The molecule has 0 saturated carbocycles. The molecule has 0 radical (unpaired) electrons. The molecule has 1 saturated heterocycles. The molecule has 2 amide bonds. The number of benzene rings is 1. The first-order chi connectivity index (χ1) is 11.6. The molecule has 134 valence electrons. The zero-order valence-electron chi connectivity index (χ0n) is 15.2. The number of methoxy groups -OCH3 is 1. The minimum atomic E-state index is -0.0646. The van der Waals surface area contributed by atoms with Gasteiger partial charge in [-0.1, -0.05) is 12.1 Å². The molecule has 24 heavy (non-hydrogen) atoms. The second-order valence-corrected chi connectivity index (χ2v) is 6.83. The van der Waals surface area contributed by atoms with Crippen LogP contribution in [0.5, 0.6) is 5.75 Å². The quantitative estimate of drug-likeness (QED) is 0.806. The number of carbonyl (C=O) groups excluding carboxylic acids is 1. The van der Waals surface area contributed by atoms with E-state index in [1.54, 1.807) is 7.11 Å². The predicted octanol–water partition coefficient (Wildman–Crippen LogP) is 2.66. The molecule has 2 N–H and O–H groups in total. The van der Waals surface area contributed by atoms with Crippen LogP contribution < -0.4 is 15.4 Å². The van der Waals surface area contributed by atoms with Crippen LogP contribution in [-0.2, 0) is 6.42 Å². The number of nitrogens with zero attached hydrogens (tertiary/aromatic N) is 1. The Labute approximate surface area is 145 Å². The first-order valence-corrected chi connectivity index (χ1v) is 8.97. The van der Waals surface area contributed by atoms with E-state index in [-0.39, 0.29) is 6.03 Å². The fourth-order valence-corrected chi connectivity index (χ4v) is 3.15. The second-order valence-electron chi connectivity index (χ2n) is 6.83. The Morgan fingerprint density at radius 2 is 2.04 bits per heavy atom. The summed E-state index contributed by atoms with van der Waals surface area (Å²) in [5.74, 6) is 1.42. The third-order valence-corrected chi connectivity index (χ3v) is 4.69. The van der Waals surface area contributed by atoms with Crippen LogP contribution in [-0.4, -0.2) is 50.3 Å². The largest absolute Gasteiger partial charge is 0.497 e. The van der Waals surface area contributed by atoms with Gasteiger partial charge in [0.1, 0.15) is 5.75 Å². The van der Waals surface area contributed by atoms with E-state index in [0.29, 0.717) is 18.5 Å². The number of rotatable bonds is 7. The Balaban J connectivity index is 1.62. The van der Waals surface area contributed by atoms with Crippen LogP contribution in [0.2, 0.25) is 0 Å². The van der Waals surface area contributed by atoms with E-state index in [1.807, 2.05) is 24.3 Å². The molecule has 0 bridgehead atoms. The molecular weight excluding hydrogens is 302 g/mol. The van der Waals surface area contributed by atoms with Crippen LogP contribution in [0, 0.1) is 5.92 Å². The third kappa shape index (κ3) is 6.04. The SMILES string of the molecule is COc1ccc(CCNC(=O)NC[C@H]2CCCN(C(C)C)C2)cc1. The summed E-state index contributed by atoms with van der Waals surface area (Å²) < 4.78 is 5.14. The Morgan fingerprint density at radius 1 is 1.29 bits per heavy atom. The fraction of sp³-hybridized carbons (Fsp3) is 0.632. The van der Waals surface area contributed by atoms with Crippen LogP contribution in [0.1, 0.15) is 32.3 Å². The van der Waals surface area contributed by atoms with Gasteiger partial charge in [0.05, 0.1) is 7.11 Å². The van der Waals surface area contributed by atoms with Gasteiger partial charge >= 0.3 is 6.03 Å². The van der Waals surface area contributed by atoms with E-state index in [9.17, 15) is 4.79 Å². The van der Waals surface area contributed by atoms with Crippen molar-refractivity contribution in [3.05, 3.63) is 29.8 Å². The van der Waals surface area contributed by atoms with Crippen molar-refractivity contribution in [3.63, 3.8) is 0 Å². The van der Waals surface area contributed by atoms with Crippen molar-refractivity contribution in [3.8, 4) is 5.75 Å². The van der Waals surface area contributed by atoms with Crippen molar-refractivity contribution < 1.29 is 9.53 Å². The lowest BCUT2D eigenvalue weighted by Gasteiger charge is -2.35. The van der Waals surface area contributed by atoms with Crippen LogP contribution >= 0.6 is 0 Å². The maximum absolute atomic E-state index is 11.9. The summed E-state index contributed by atoms with van der Waals surface area (Å²) in [7, 11) is 1.66. The van der Waals surface area contributed by atoms with Crippen molar-refractivity contribution in [1.29, 1.82) is 0 Å². The average molecular weight is 333 g/mol. The maximum Gasteiger partial charge on any atom is 0.314 e. The second kappa shape index (κ2) is 9.52. The predicted molar refractivity (Wildman–Crippen MR) is 97.5 cm³/mol. The number of carbonyl (C=O) groups is 1. The van der Waals surface area contributed by atoms with Gasteiger partial charge in [0.25, 0.3) is 0 Å². The van der Waals surface area contributed by atoms with Gasteiger partial charge in [-0.2, -0.15) is 0 Å². The number of piperidine rings is 1. The highest BCUT2D eigenvalue weighted by Gasteiger charge is 2.21. The highest BCUT2D eigenvalue weighted by atomic mass is 16.5. The molecule has 1 atom stereocenters. The van der Waals surface area contributed by atoms with Gasteiger partial charge in [0.15, 0.2) is 0 Å². The molecule has 1 aliphatic heterocycles. The zero-order chi connectivity index (χ0) is 17.4. The molecule has 1 aromatic carbocycles. The van der Waals surface area contributed by atoms with E-state index in [0.717, 1.165) is 25.3 Å². The lowest BCUT2D eigenvalue weighted by atomic mass is 9.97. The summed E-state index contributed by atoms with van der Waals surface area (Å²) in [5.41, 5.74) is 1.19. The van der Waals surface area contributed by atoms with Gasteiger partial charge < -0.3 is 20.3 Å². The minimum absolute atomic E-state index is 0.0646. The molecule has 5 heteroatoms. The molecule has 1 aromatic rings. The summed E-state index contributed by atoms with van der Waals surface area (Å²) in [6.45, 7) is 8.15. The van der Waals surface area contributed by atoms with E-state index in [2.05, 4.69) is 29.4 Å². The Bertz CT molecular complexity index is 502. The van der Waals surface area contributed by atoms with Crippen LogP contribution in [0.3, 0.4) is 0 Å². The number of ether oxygens (including phenoxy) is 1. The lowest BCUT2D eigenvalue weighted by Crippen LogP contribution is -2.45. The molecule has 0 unspecified atom stereocenters. The summed E-state index contributed by atoms with van der Waals surface area (Å²) in [5, 5.41) is 5.96. The average Bonchev–Trinajstić information content (AvgIpc) is 2.61. The molecule has 5 nitrogen and oxygen atoms in total. The van der Waals surface area contributed by atoms with Crippen molar-refractivity contribution in [2.45, 2.75) is 39.2 Å². The Hall–Kier alpha value is -1.75. The fourth-order valence-electron chi connectivity index (χ4n) is 3.15. The number of nitrogens with one attached hydrogen (secondary N) is 2. The summed E-state index contributed by atoms with van der Waals surface area (Å²) >= 11 is 0. The van der Waals surface area contributed by atoms with Gasteiger partial charge in [-0.3, -0.25) is 0 Å². The Kier molecular flexibility index (Phi) is 7.37. The maximum atomic E-state index is 11.9. The summed E-state index contributed by atoms with van der Waals surface area (Å²) in [6.07, 6.45) is 3.25. The standard InChI is InChI=1S/C19H31N3O2/c1-15(2)22-12-4-5-17(14-22)13-21-19(23)20-11-10-16-6-8-18(24-3)9-7-16/h6-9,15,17H,4-5,10-14H2,1-3H3,(H2,20,21,23)/t17-/m1/s1. The van der Waals surface area contributed by atoms with Crippen molar-refractivity contribution in [2.24, 2.45) is 5.92 Å². The summed E-state index contributed by atoms with van der Waals surface area (Å²) in [4.78, 5) is 14.4. The van der Waals surface area contributed by atoms with Gasteiger partial charge in [-0.15, -0.1) is 0 Å². The van der Waals surface area contributed by atoms with E-state index >= 15 is 0 Å². The van der Waals surface area contributed by atoms with Crippen LogP contribution in [0.25, 0.3) is 0 Å². The lowest BCUT2D eigenvalue weighted by molar-refractivity contribution is 0.139. The molecule has 1 heterocycles. The van der Waals surface area contributed by atoms with Crippen LogP contribution in [0.15, 0.2) is 24.3 Å². The summed E-state index contributed by atoms with van der Waals surface area (Å²) in [6, 6.07) is 8.47. The monoisotopic (exact) mass is 333 g/mol. The van der Waals surface area contributed by atoms with Crippen LogP contribution in [0.4, 0.5) is 4.79 Å². The molecule has 2 rings (SSSR count). The molecule has 1 fully saturated rings. The molecule has 1 aliphatic rings. The van der Waals surface area contributed by atoms with Gasteiger partial charge in [0, 0.05) is 25.7 Å². The number of amides is 2. The highest BCUT2D eigenvalue weighted by molar-refractivity contribution is 5.73. The number of likely N-dealkylation sites (tertiary alicyclic amines) is 1. The molecule has 0 aliphatic carbocycles. The first-order valence-electron chi connectivity index (χ1n) is 8.97. The van der Waals surface area contributed by atoms with Gasteiger partial charge in [-0.25, -0.2) is 4.79 Å². The zero-order valence-corrected chi connectivity index (χ0v) is 15.2. The van der Waals surface area contributed by atoms with Crippen molar-refractivity contribution >= 4 is 6.03 Å². The van der Waals surface area contributed by atoms with Crippen molar-refractivity contribution in [2.75, 3.05) is 33.3 Å². The number of hydrogen-bond acceptors (Lipinski definition) is 3. The first kappa shape index (κ1) is 18.6. The third-order valence-electron chi connectivity index (χ3n) is 4.69. The van der Waals surface area contributed by atoms with E-state index < -0.39 is 0 Å². The smallest absolute Gasteiger partial charge is 0.314 e. The molecule has 0 aromatic heterocycles. The number of hydrogen-bond donors (Lipinski definition) is 2.